The zero-order chi connectivity index (χ0) is 21.5. The second kappa shape index (κ2) is 9.78. The van der Waals surface area contributed by atoms with Gasteiger partial charge in [0.15, 0.2) is 11.5 Å². The molecule has 0 radical (unpaired) electrons. The number of oxazole rings is 1. The minimum atomic E-state index is -0.990. The van der Waals surface area contributed by atoms with E-state index in [2.05, 4.69) is 4.98 Å². The molecule has 0 fully saturated rings. The van der Waals surface area contributed by atoms with E-state index in [4.69, 9.17) is 19.0 Å². The van der Waals surface area contributed by atoms with Gasteiger partial charge >= 0.3 is 5.97 Å². The minimum absolute atomic E-state index is 0.380. The van der Waals surface area contributed by atoms with Crippen LogP contribution in [0, 0.1) is 6.92 Å². The Labute approximate surface area is 175 Å². The molecule has 0 aliphatic heterocycles. The molecule has 3 aromatic rings. The number of aromatic nitrogens is 1. The summed E-state index contributed by atoms with van der Waals surface area (Å²) in [6, 6.07) is 15.2. The SMILES string of the molecule is CCC(=CC(=O)O)c1cccc(OCCc2nc(-c3ccccc3)oc2C)c1OC. The molecule has 0 amide bonds. The second-order valence-corrected chi connectivity index (χ2v) is 6.68. The average Bonchev–Trinajstić information content (AvgIpc) is 3.13. The maximum absolute atomic E-state index is 11.1. The first kappa shape index (κ1) is 21.2. The lowest BCUT2D eigenvalue weighted by Gasteiger charge is -2.15. The minimum Gasteiger partial charge on any atom is -0.492 e. The Hall–Kier alpha value is -3.54. The van der Waals surface area contributed by atoms with Gasteiger partial charge in [0, 0.05) is 23.6 Å². The summed E-state index contributed by atoms with van der Waals surface area (Å²) in [5.41, 5.74) is 3.15. The molecule has 0 saturated heterocycles. The number of benzene rings is 2. The van der Waals surface area contributed by atoms with Crippen molar-refractivity contribution >= 4 is 11.5 Å². The van der Waals surface area contributed by atoms with Gasteiger partial charge in [-0.25, -0.2) is 9.78 Å². The fourth-order valence-corrected chi connectivity index (χ4v) is 3.23. The highest BCUT2D eigenvalue weighted by Gasteiger charge is 2.15. The lowest BCUT2D eigenvalue weighted by atomic mass is 10.0. The molecule has 0 bridgehead atoms. The fraction of sp³-hybridized carbons (Fsp3) is 0.250. The normalized spacial score (nSPS) is 11.4. The van der Waals surface area contributed by atoms with Crippen molar-refractivity contribution in [2.45, 2.75) is 26.7 Å². The molecule has 0 aliphatic carbocycles. The average molecular weight is 407 g/mol. The fourth-order valence-electron chi connectivity index (χ4n) is 3.23. The number of nitrogens with zero attached hydrogens (tertiary/aromatic N) is 1. The van der Waals surface area contributed by atoms with Crippen LogP contribution in [0.25, 0.3) is 17.0 Å². The van der Waals surface area contributed by atoms with Crippen molar-refractivity contribution in [1.82, 2.24) is 4.98 Å². The van der Waals surface area contributed by atoms with Crippen LogP contribution in [0.4, 0.5) is 0 Å². The molecule has 30 heavy (non-hydrogen) atoms. The molecule has 2 aromatic carbocycles. The second-order valence-electron chi connectivity index (χ2n) is 6.68. The van der Waals surface area contributed by atoms with Gasteiger partial charge in [-0.05, 0) is 37.1 Å². The first-order valence-corrected chi connectivity index (χ1v) is 9.78. The standard InChI is InChI=1S/C24H25NO5/c1-4-17(15-22(26)27)19-11-8-12-21(23(19)28-3)29-14-13-20-16(2)30-24(25-20)18-9-6-5-7-10-18/h5-12,15H,4,13-14H2,1-3H3,(H,26,27). The van der Waals surface area contributed by atoms with Gasteiger partial charge in [0.1, 0.15) is 5.76 Å². The van der Waals surface area contributed by atoms with Crippen molar-refractivity contribution in [3.05, 3.63) is 71.6 Å². The first-order chi connectivity index (χ1) is 14.5. The number of carboxylic acid groups (broad SMARTS) is 1. The van der Waals surface area contributed by atoms with Crippen molar-refractivity contribution in [3.63, 3.8) is 0 Å². The highest BCUT2D eigenvalue weighted by atomic mass is 16.5. The largest absolute Gasteiger partial charge is 0.492 e. The van der Waals surface area contributed by atoms with Crippen LogP contribution in [0.2, 0.25) is 0 Å². The summed E-state index contributed by atoms with van der Waals surface area (Å²) in [6.45, 7) is 4.17. The van der Waals surface area contributed by atoms with E-state index in [1.807, 2.05) is 56.3 Å². The molecule has 1 heterocycles. The summed E-state index contributed by atoms with van der Waals surface area (Å²) >= 11 is 0. The Kier molecular flexibility index (Phi) is 6.91. The van der Waals surface area contributed by atoms with E-state index >= 15 is 0 Å². The Morgan fingerprint density at radius 2 is 1.93 bits per heavy atom. The molecule has 0 atom stereocenters. The van der Waals surface area contributed by atoms with Crippen molar-refractivity contribution in [3.8, 4) is 23.0 Å². The van der Waals surface area contributed by atoms with Crippen molar-refractivity contribution in [2.75, 3.05) is 13.7 Å². The third-order valence-electron chi connectivity index (χ3n) is 4.72. The van der Waals surface area contributed by atoms with Crippen LogP contribution in [-0.4, -0.2) is 29.8 Å². The van der Waals surface area contributed by atoms with Crippen LogP contribution in [0.3, 0.4) is 0 Å². The number of aryl methyl sites for hydroxylation is 1. The number of carbonyl (C=O) groups is 1. The number of para-hydroxylation sites is 1. The molecule has 3 rings (SSSR count). The smallest absolute Gasteiger partial charge is 0.328 e. The molecule has 6 heteroatoms. The molecule has 0 aliphatic rings. The maximum atomic E-state index is 11.1. The Bertz CT molecular complexity index is 1040. The van der Waals surface area contributed by atoms with E-state index < -0.39 is 5.97 Å². The number of ether oxygens (including phenoxy) is 2. The van der Waals surface area contributed by atoms with Crippen LogP contribution in [-0.2, 0) is 11.2 Å². The molecule has 0 spiro atoms. The van der Waals surface area contributed by atoms with Crippen molar-refractivity contribution < 1.29 is 23.8 Å². The highest BCUT2D eigenvalue weighted by molar-refractivity contribution is 5.91. The first-order valence-electron chi connectivity index (χ1n) is 9.78. The Morgan fingerprint density at radius 3 is 2.60 bits per heavy atom. The predicted octanol–water partition coefficient (Wildman–Crippen LogP) is 5.16. The van der Waals surface area contributed by atoms with E-state index in [1.54, 1.807) is 13.2 Å². The summed E-state index contributed by atoms with van der Waals surface area (Å²) in [7, 11) is 1.55. The van der Waals surface area contributed by atoms with Crippen LogP contribution in [0.5, 0.6) is 11.5 Å². The molecule has 6 nitrogen and oxygen atoms in total. The molecule has 1 aromatic heterocycles. The summed E-state index contributed by atoms with van der Waals surface area (Å²) < 4.78 is 17.3. The van der Waals surface area contributed by atoms with Crippen molar-refractivity contribution in [2.24, 2.45) is 0 Å². The Morgan fingerprint density at radius 1 is 1.17 bits per heavy atom. The van der Waals surface area contributed by atoms with E-state index in [0.29, 0.717) is 48.0 Å². The van der Waals surface area contributed by atoms with Gasteiger partial charge in [-0.2, -0.15) is 0 Å². The van der Waals surface area contributed by atoms with Gasteiger partial charge < -0.3 is 19.0 Å². The zero-order valence-electron chi connectivity index (χ0n) is 17.3. The lowest BCUT2D eigenvalue weighted by Crippen LogP contribution is -2.05. The summed E-state index contributed by atoms with van der Waals surface area (Å²) in [5.74, 6) is 1.44. The summed E-state index contributed by atoms with van der Waals surface area (Å²) in [4.78, 5) is 15.7. The van der Waals surface area contributed by atoms with Crippen LogP contribution >= 0.6 is 0 Å². The van der Waals surface area contributed by atoms with Gasteiger partial charge in [-0.3, -0.25) is 0 Å². The molecule has 0 saturated carbocycles. The number of hydrogen-bond donors (Lipinski definition) is 1. The van der Waals surface area contributed by atoms with Crippen molar-refractivity contribution in [1.29, 1.82) is 0 Å². The quantitative estimate of drug-likeness (QED) is 0.494. The third-order valence-corrected chi connectivity index (χ3v) is 4.72. The van der Waals surface area contributed by atoms with Gasteiger partial charge in [0.05, 0.1) is 19.4 Å². The third kappa shape index (κ3) is 4.89. The van der Waals surface area contributed by atoms with E-state index in [9.17, 15) is 4.79 Å². The summed E-state index contributed by atoms with van der Waals surface area (Å²) in [6.07, 6.45) is 2.33. The van der Waals surface area contributed by atoms with Crippen LogP contribution < -0.4 is 9.47 Å². The summed E-state index contributed by atoms with van der Waals surface area (Å²) in [5, 5.41) is 9.12. The van der Waals surface area contributed by atoms with Gasteiger partial charge in [0.25, 0.3) is 0 Å². The number of aliphatic carboxylic acids is 1. The maximum Gasteiger partial charge on any atom is 0.328 e. The number of hydrogen-bond acceptors (Lipinski definition) is 5. The monoisotopic (exact) mass is 407 g/mol. The number of allylic oxidation sites excluding steroid dienone is 1. The topological polar surface area (TPSA) is 81.8 Å². The number of carboxylic acids is 1. The van der Waals surface area contributed by atoms with E-state index in [0.717, 1.165) is 17.0 Å². The number of methoxy groups -OCH3 is 1. The van der Waals surface area contributed by atoms with Gasteiger partial charge in [-0.15, -0.1) is 0 Å². The van der Waals surface area contributed by atoms with Gasteiger partial charge in [-0.1, -0.05) is 37.3 Å². The molecule has 1 N–H and O–H groups in total. The zero-order valence-corrected chi connectivity index (χ0v) is 17.3. The number of rotatable bonds is 9. The van der Waals surface area contributed by atoms with Crippen LogP contribution in [0.15, 0.2) is 59.0 Å². The Balaban J connectivity index is 1.75. The van der Waals surface area contributed by atoms with Gasteiger partial charge in [0.2, 0.25) is 5.89 Å². The molecular formula is C24H25NO5. The molecule has 0 unspecified atom stereocenters. The molecule has 156 valence electrons. The lowest BCUT2D eigenvalue weighted by molar-refractivity contribution is -0.131. The van der Waals surface area contributed by atoms with E-state index in [-0.39, 0.29) is 0 Å². The predicted molar refractivity (Wildman–Crippen MR) is 115 cm³/mol. The van der Waals surface area contributed by atoms with Crippen LogP contribution in [0.1, 0.15) is 30.4 Å². The highest BCUT2D eigenvalue weighted by Crippen LogP contribution is 2.36. The van der Waals surface area contributed by atoms with E-state index in [1.165, 1.54) is 6.08 Å². The molecular weight excluding hydrogens is 382 g/mol.